The Bertz CT molecular complexity index is 413. The summed E-state index contributed by atoms with van der Waals surface area (Å²) < 4.78 is 0. The van der Waals surface area contributed by atoms with E-state index in [1.807, 2.05) is 12.1 Å². The van der Waals surface area contributed by atoms with Crippen molar-refractivity contribution in [2.75, 3.05) is 0 Å². The summed E-state index contributed by atoms with van der Waals surface area (Å²) in [6, 6.07) is 3.95. The molecule has 2 atom stereocenters. The number of rotatable bonds is 1. The first kappa shape index (κ1) is 7.06. The fourth-order valence-electron chi connectivity index (χ4n) is 1.74. The molecule has 1 N–H and O–H groups in total. The van der Waals surface area contributed by atoms with Gasteiger partial charge >= 0.3 is 0 Å². The molecule has 2 aromatic rings. The minimum atomic E-state index is 0.647. The van der Waals surface area contributed by atoms with Crippen molar-refractivity contribution >= 4 is 11.2 Å². The minimum Gasteiger partial charge on any atom is -0.340 e. The van der Waals surface area contributed by atoms with Gasteiger partial charge in [-0.25, -0.2) is 9.97 Å². The maximum absolute atomic E-state index is 4.46. The molecular formula is C10H11N3. The summed E-state index contributed by atoms with van der Waals surface area (Å²) in [5.41, 5.74) is 1.90. The first-order valence-corrected chi connectivity index (χ1v) is 4.65. The van der Waals surface area contributed by atoms with Crippen LogP contribution in [-0.2, 0) is 0 Å². The van der Waals surface area contributed by atoms with Crippen molar-refractivity contribution in [2.45, 2.75) is 19.3 Å². The van der Waals surface area contributed by atoms with Crippen molar-refractivity contribution in [2.24, 2.45) is 5.92 Å². The molecule has 0 spiro atoms. The van der Waals surface area contributed by atoms with Gasteiger partial charge in [0.25, 0.3) is 0 Å². The third kappa shape index (κ3) is 1.03. The molecule has 0 aromatic carbocycles. The SMILES string of the molecule is CC1CC1c1nc2ncccc2[nH]1. The zero-order chi connectivity index (χ0) is 8.84. The van der Waals surface area contributed by atoms with Crippen LogP contribution in [0, 0.1) is 5.92 Å². The second-order valence-corrected chi connectivity index (χ2v) is 3.82. The summed E-state index contributed by atoms with van der Waals surface area (Å²) >= 11 is 0. The van der Waals surface area contributed by atoms with Crippen LogP contribution in [0.15, 0.2) is 18.3 Å². The number of H-pyrrole nitrogens is 1. The van der Waals surface area contributed by atoms with E-state index in [0.717, 1.165) is 22.9 Å². The Morgan fingerprint density at radius 2 is 2.38 bits per heavy atom. The van der Waals surface area contributed by atoms with E-state index in [1.54, 1.807) is 6.20 Å². The predicted molar refractivity (Wildman–Crippen MR) is 50.4 cm³/mol. The van der Waals surface area contributed by atoms with Crippen LogP contribution in [0.25, 0.3) is 11.2 Å². The highest BCUT2D eigenvalue weighted by Crippen LogP contribution is 2.45. The van der Waals surface area contributed by atoms with Crippen LogP contribution in [0.2, 0.25) is 0 Å². The van der Waals surface area contributed by atoms with E-state index in [0.29, 0.717) is 5.92 Å². The lowest BCUT2D eigenvalue weighted by Gasteiger charge is -1.86. The van der Waals surface area contributed by atoms with E-state index in [1.165, 1.54) is 6.42 Å². The van der Waals surface area contributed by atoms with Crippen LogP contribution in [0.5, 0.6) is 0 Å². The molecule has 1 fully saturated rings. The van der Waals surface area contributed by atoms with Gasteiger partial charge in [-0.2, -0.15) is 0 Å². The molecule has 2 heterocycles. The van der Waals surface area contributed by atoms with Crippen LogP contribution in [-0.4, -0.2) is 15.0 Å². The maximum Gasteiger partial charge on any atom is 0.177 e. The van der Waals surface area contributed by atoms with Crippen molar-refractivity contribution in [3.8, 4) is 0 Å². The number of hydrogen-bond donors (Lipinski definition) is 1. The summed E-state index contributed by atoms with van der Waals surface area (Å²) in [5.74, 6) is 2.55. The predicted octanol–water partition coefficient (Wildman–Crippen LogP) is 2.08. The molecule has 0 bridgehead atoms. The molecule has 3 heteroatoms. The van der Waals surface area contributed by atoms with Crippen LogP contribution in [0.3, 0.4) is 0 Å². The van der Waals surface area contributed by atoms with E-state index in [9.17, 15) is 0 Å². The lowest BCUT2D eigenvalue weighted by atomic mass is 10.3. The molecule has 1 aliphatic carbocycles. The second-order valence-electron chi connectivity index (χ2n) is 3.82. The number of pyridine rings is 1. The fourth-order valence-corrected chi connectivity index (χ4v) is 1.74. The van der Waals surface area contributed by atoms with Gasteiger partial charge in [0.2, 0.25) is 0 Å². The Morgan fingerprint density at radius 3 is 3.08 bits per heavy atom. The highest BCUT2D eigenvalue weighted by atomic mass is 15.0. The first-order chi connectivity index (χ1) is 6.34. The molecule has 0 saturated heterocycles. The first-order valence-electron chi connectivity index (χ1n) is 4.65. The van der Waals surface area contributed by atoms with E-state index in [-0.39, 0.29) is 0 Å². The maximum atomic E-state index is 4.46. The number of hydrogen-bond acceptors (Lipinski definition) is 2. The van der Waals surface area contributed by atoms with Gasteiger partial charge in [-0.3, -0.25) is 0 Å². The number of aromatic nitrogens is 3. The quantitative estimate of drug-likeness (QED) is 0.717. The standard InChI is InChI=1S/C10H11N3/c1-6-5-7(6)9-12-8-3-2-4-11-10(8)13-9/h2-4,6-7H,5H2,1H3,(H,11,12,13). The van der Waals surface area contributed by atoms with Crippen LogP contribution in [0.4, 0.5) is 0 Å². The van der Waals surface area contributed by atoms with Crippen LogP contribution >= 0.6 is 0 Å². The van der Waals surface area contributed by atoms with Crippen LogP contribution in [0.1, 0.15) is 25.1 Å². The molecule has 66 valence electrons. The lowest BCUT2D eigenvalue weighted by Crippen LogP contribution is -1.83. The zero-order valence-electron chi connectivity index (χ0n) is 7.49. The van der Waals surface area contributed by atoms with Crippen molar-refractivity contribution in [3.63, 3.8) is 0 Å². The lowest BCUT2D eigenvalue weighted by molar-refractivity contribution is 0.866. The molecule has 2 unspecified atom stereocenters. The number of nitrogens with one attached hydrogen (secondary N) is 1. The van der Waals surface area contributed by atoms with Gasteiger partial charge in [0.05, 0.1) is 5.52 Å². The van der Waals surface area contributed by atoms with Gasteiger partial charge in [0, 0.05) is 12.1 Å². The Labute approximate surface area is 76.2 Å². The summed E-state index contributed by atoms with van der Waals surface area (Å²) in [4.78, 5) is 12.0. The van der Waals surface area contributed by atoms with Gasteiger partial charge in [0.15, 0.2) is 5.65 Å². The van der Waals surface area contributed by atoms with Gasteiger partial charge in [-0.05, 0) is 24.5 Å². The highest BCUT2D eigenvalue weighted by molar-refractivity contribution is 5.70. The Morgan fingerprint density at radius 1 is 1.54 bits per heavy atom. The van der Waals surface area contributed by atoms with Crippen LogP contribution < -0.4 is 0 Å². The largest absolute Gasteiger partial charge is 0.340 e. The summed E-state index contributed by atoms with van der Waals surface area (Å²) in [7, 11) is 0. The Balaban J connectivity index is 2.12. The number of fused-ring (bicyclic) bond motifs is 1. The molecule has 13 heavy (non-hydrogen) atoms. The second kappa shape index (κ2) is 2.31. The minimum absolute atomic E-state index is 0.647. The topological polar surface area (TPSA) is 41.6 Å². The third-order valence-corrected chi connectivity index (χ3v) is 2.74. The van der Waals surface area contributed by atoms with E-state index in [2.05, 4.69) is 21.9 Å². The molecule has 2 aromatic heterocycles. The highest BCUT2D eigenvalue weighted by Gasteiger charge is 2.36. The molecule has 1 saturated carbocycles. The van der Waals surface area contributed by atoms with Gasteiger partial charge in [-0.1, -0.05) is 6.92 Å². The average Bonchev–Trinajstić information content (AvgIpc) is 2.74. The van der Waals surface area contributed by atoms with E-state index >= 15 is 0 Å². The van der Waals surface area contributed by atoms with E-state index in [4.69, 9.17) is 0 Å². The average molecular weight is 173 g/mol. The smallest absolute Gasteiger partial charge is 0.177 e. The number of nitrogens with zero attached hydrogens (tertiary/aromatic N) is 2. The normalized spacial score (nSPS) is 26.5. The summed E-state index contributed by atoms with van der Waals surface area (Å²) in [5, 5.41) is 0. The number of aromatic amines is 1. The molecule has 1 aliphatic rings. The van der Waals surface area contributed by atoms with Crippen molar-refractivity contribution in [1.29, 1.82) is 0 Å². The summed E-state index contributed by atoms with van der Waals surface area (Å²) in [6.45, 7) is 2.26. The molecule has 0 radical (unpaired) electrons. The summed E-state index contributed by atoms with van der Waals surface area (Å²) in [6.07, 6.45) is 3.04. The Kier molecular flexibility index (Phi) is 1.26. The van der Waals surface area contributed by atoms with Gasteiger partial charge in [-0.15, -0.1) is 0 Å². The van der Waals surface area contributed by atoms with Gasteiger partial charge in [0.1, 0.15) is 5.82 Å². The molecule has 3 nitrogen and oxygen atoms in total. The van der Waals surface area contributed by atoms with Crippen molar-refractivity contribution < 1.29 is 0 Å². The van der Waals surface area contributed by atoms with Gasteiger partial charge < -0.3 is 4.98 Å². The van der Waals surface area contributed by atoms with Crippen molar-refractivity contribution in [3.05, 3.63) is 24.2 Å². The Hall–Kier alpha value is -1.38. The fraction of sp³-hybridized carbons (Fsp3) is 0.400. The van der Waals surface area contributed by atoms with Crippen molar-refractivity contribution in [1.82, 2.24) is 15.0 Å². The third-order valence-electron chi connectivity index (χ3n) is 2.74. The molecule has 3 rings (SSSR count). The monoisotopic (exact) mass is 173 g/mol. The number of imidazole rings is 1. The molecular weight excluding hydrogens is 162 g/mol. The molecule has 0 amide bonds. The zero-order valence-corrected chi connectivity index (χ0v) is 7.49. The molecule has 0 aliphatic heterocycles. The van der Waals surface area contributed by atoms with E-state index < -0.39 is 0 Å².